The van der Waals surface area contributed by atoms with Crippen LogP contribution in [0.5, 0.6) is 11.5 Å². The van der Waals surface area contributed by atoms with E-state index in [-0.39, 0.29) is 24.3 Å². The summed E-state index contributed by atoms with van der Waals surface area (Å²) >= 11 is 0. The van der Waals surface area contributed by atoms with Crippen LogP contribution in [0.4, 0.5) is 14.9 Å². The van der Waals surface area contributed by atoms with Crippen molar-refractivity contribution in [1.29, 1.82) is 0 Å². The zero-order valence-electron chi connectivity index (χ0n) is 20.9. The number of halogens is 1. The number of carbonyl (C=O) groups excluding carboxylic acids is 2. The quantitative estimate of drug-likeness (QED) is 0.337. The van der Waals surface area contributed by atoms with Gasteiger partial charge in [-0.15, -0.1) is 0 Å². The van der Waals surface area contributed by atoms with E-state index >= 15 is 0 Å². The van der Waals surface area contributed by atoms with Crippen molar-refractivity contribution < 1.29 is 33.4 Å². The number of carbonyl (C=O) groups is 3. The Kier molecular flexibility index (Phi) is 8.68. The van der Waals surface area contributed by atoms with Crippen LogP contribution in [0.1, 0.15) is 34.0 Å². The van der Waals surface area contributed by atoms with Crippen LogP contribution in [-0.2, 0) is 17.9 Å². The molecule has 0 saturated carbocycles. The summed E-state index contributed by atoms with van der Waals surface area (Å²) in [5.41, 5.74) is 3.13. The lowest BCUT2D eigenvalue weighted by Gasteiger charge is -2.19. The van der Waals surface area contributed by atoms with E-state index in [1.807, 2.05) is 0 Å². The molecule has 3 amide bonds. The number of hydrogen-bond donors (Lipinski definition) is 4. The Hall–Kier alpha value is -4.60. The van der Waals surface area contributed by atoms with Gasteiger partial charge in [0.05, 0.1) is 25.5 Å². The third-order valence-electron chi connectivity index (χ3n) is 5.53. The Balaban J connectivity index is 2.08. The molecule has 0 aliphatic heterocycles. The van der Waals surface area contributed by atoms with Crippen molar-refractivity contribution in [2.24, 2.45) is 0 Å². The number of amides is 3. The molecule has 3 aromatic carbocycles. The molecule has 0 spiro atoms. The summed E-state index contributed by atoms with van der Waals surface area (Å²) in [6, 6.07) is 12.5. The van der Waals surface area contributed by atoms with Gasteiger partial charge in [-0.1, -0.05) is 6.07 Å². The standard InChI is InChI=1S/C27H28FN3O6/c1-15-7-19(28)5-6-22(15)23-10-18(14-30-27(34)35)11-24(25(23)31-16(2)32)26(33)29-13-17-8-20(36-3)12-21(9-17)37-4/h5-12,30H,13-14H2,1-4H3,(H,29,33)(H,31,32)(H,34,35). The van der Waals surface area contributed by atoms with Gasteiger partial charge in [0.25, 0.3) is 5.91 Å². The summed E-state index contributed by atoms with van der Waals surface area (Å²) in [6.07, 6.45) is -1.23. The second kappa shape index (κ2) is 11.9. The highest BCUT2D eigenvalue weighted by molar-refractivity contribution is 6.08. The first-order chi connectivity index (χ1) is 17.6. The molecule has 9 nitrogen and oxygen atoms in total. The number of aryl methyl sites for hydroxylation is 1. The van der Waals surface area contributed by atoms with Gasteiger partial charge < -0.3 is 30.5 Å². The van der Waals surface area contributed by atoms with E-state index in [0.717, 1.165) is 0 Å². The molecule has 3 aromatic rings. The fourth-order valence-electron chi connectivity index (χ4n) is 3.86. The Morgan fingerprint density at radius 2 is 1.49 bits per heavy atom. The number of methoxy groups -OCH3 is 2. The van der Waals surface area contributed by atoms with Gasteiger partial charge in [0.2, 0.25) is 5.91 Å². The van der Waals surface area contributed by atoms with Crippen molar-refractivity contribution in [2.75, 3.05) is 19.5 Å². The molecule has 0 saturated heterocycles. The first kappa shape index (κ1) is 27.0. The van der Waals surface area contributed by atoms with Crippen molar-refractivity contribution in [1.82, 2.24) is 10.6 Å². The molecule has 37 heavy (non-hydrogen) atoms. The van der Waals surface area contributed by atoms with E-state index in [9.17, 15) is 18.8 Å². The first-order valence-electron chi connectivity index (χ1n) is 11.3. The van der Waals surface area contributed by atoms with Gasteiger partial charge in [-0.2, -0.15) is 0 Å². The maximum atomic E-state index is 13.8. The lowest BCUT2D eigenvalue weighted by molar-refractivity contribution is -0.114. The molecule has 194 valence electrons. The summed E-state index contributed by atoms with van der Waals surface area (Å²) in [7, 11) is 3.04. The highest BCUT2D eigenvalue weighted by atomic mass is 19.1. The van der Waals surface area contributed by atoms with Gasteiger partial charge in [-0.25, -0.2) is 9.18 Å². The Morgan fingerprint density at radius 1 is 0.865 bits per heavy atom. The summed E-state index contributed by atoms with van der Waals surface area (Å²) in [5.74, 6) is -0.248. The van der Waals surface area contributed by atoms with Crippen molar-refractivity contribution in [3.8, 4) is 22.6 Å². The van der Waals surface area contributed by atoms with Crippen LogP contribution in [0.2, 0.25) is 0 Å². The van der Waals surface area contributed by atoms with Gasteiger partial charge in [-0.05, 0) is 65.6 Å². The summed E-state index contributed by atoms with van der Waals surface area (Å²) in [4.78, 5) is 36.6. The van der Waals surface area contributed by atoms with Crippen LogP contribution in [0.15, 0.2) is 48.5 Å². The molecule has 3 rings (SSSR count). The maximum Gasteiger partial charge on any atom is 0.404 e. The molecule has 0 aromatic heterocycles. The van der Waals surface area contributed by atoms with Crippen molar-refractivity contribution >= 4 is 23.6 Å². The predicted octanol–water partition coefficient (Wildman–Crippen LogP) is 4.47. The third kappa shape index (κ3) is 6.97. The number of benzene rings is 3. The minimum Gasteiger partial charge on any atom is -0.497 e. The normalized spacial score (nSPS) is 10.4. The molecule has 0 unspecified atom stereocenters. The number of rotatable bonds is 9. The zero-order valence-corrected chi connectivity index (χ0v) is 20.9. The van der Waals surface area contributed by atoms with Crippen LogP contribution in [-0.4, -0.2) is 37.2 Å². The van der Waals surface area contributed by atoms with E-state index in [1.54, 1.807) is 37.3 Å². The summed E-state index contributed by atoms with van der Waals surface area (Å²) in [6.45, 7) is 3.05. The predicted molar refractivity (Wildman–Crippen MR) is 136 cm³/mol. The molecule has 10 heteroatoms. The average Bonchev–Trinajstić information content (AvgIpc) is 2.86. The van der Waals surface area contributed by atoms with E-state index in [2.05, 4.69) is 16.0 Å². The van der Waals surface area contributed by atoms with Crippen LogP contribution in [0.3, 0.4) is 0 Å². The number of nitrogens with one attached hydrogen (secondary N) is 3. The zero-order chi connectivity index (χ0) is 27.1. The monoisotopic (exact) mass is 509 g/mol. The molecule has 0 aliphatic carbocycles. The molecule has 0 atom stereocenters. The molecular weight excluding hydrogens is 481 g/mol. The Labute approximate surface area is 213 Å². The van der Waals surface area contributed by atoms with Gasteiger partial charge >= 0.3 is 6.09 Å². The lowest BCUT2D eigenvalue weighted by atomic mass is 9.93. The van der Waals surface area contributed by atoms with Gasteiger partial charge in [0.15, 0.2) is 0 Å². The van der Waals surface area contributed by atoms with Gasteiger partial charge in [0, 0.05) is 31.6 Å². The molecular formula is C27H28FN3O6. The number of carboxylic acid groups (broad SMARTS) is 1. The molecule has 4 N–H and O–H groups in total. The SMILES string of the molecule is COc1cc(CNC(=O)c2cc(CNC(=O)O)cc(-c3ccc(F)cc3C)c2NC(C)=O)cc(OC)c1. The molecule has 0 bridgehead atoms. The molecule has 0 radical (unpaired) electrons. The van der Waals surface area contributed by atoms with Crippen molar-refractivity contribution in [2.45, 2.75) is 26.9 Å². The first-order valence-corrected chi connectivity index (χ1v) is 11.3. The largest absolute Gasteiger partial charge is 0.497 e. The Bertz CT molecular complexity index is 1320. The van der Waals surface area contributed by atoms with E-state index in [0.29, 0.717) is 39.3 Å². The van der Waals surface area contributed by atoms with Crippen molar-refractivity contribution in [3.63, 3.8) is 0 Å². The minimum absolute atomic E-state index is 0.0870. The number of ether oxygens (including phenoxy) is 2. The van der Waals surface area contributed by atoms with Crippen LogP contribution >= 0.6 is 0 Å². The van der Waals surface area contributed by atoms with E-state index in [4.69, 9.17) is 14.6 Å². The van der Waals surface area contributed by atoms with Gasteiger partial charge in [0.1, 0.15) is 17.3 Å². The topological polar surface area (TPSA) is 126 Å². The summed E-state index contributed by atoms with van der Waals surface area (Å²) in [5, 5.41) is 16.9. The Morgan fingerprint density at radius 3 is 2.05 bits per heavy atom. The molecule has 0 heterocycles. The van der Waals surface area contributed by atoms with Crippen LogP contribution in [0.25, 0.3) is 11.1 Å². The summed E-state index contributed by atoms with van der Waals surface area (Å²) < 4.78 is 24.4. The third-order valence-corrected chi connectivity index (χ3v) is 5.53. The highest BCUT2D eigenvalue weighted by Crippen LogP contribution is 2.35. The van der Waals surface area contributed by atoms with Crippen molar-refractivity contribution in [3.05, 3.63) is 76.6 Å². The second-order valence-electron chi connectivity index (χ2n) is 8.27. The number of anilines is 1. The smallest absolute Gasteiger partial charge is 0.404 e. The minimum atomic E-state index is -1.23. The van der Waals surface area contributed by atoms with E-state index < -0.39 is 23.7 Å². The van der Waals surface area contributed by atoms with Crippen LogP contribution in [0, 0.1) is 12.7 Å². The van der Waals surface area contributed by atoms with Crippen LogP contribution < -0.4 is 25.4 Å². The fourth-order valence-corrected chi connectivity index (χ4v) is 3.86. The molecule has 0 aliphatic rings. The van der Waals surface area contributed by atoms with E-state index in [1.165, 1.54) is 39.3 Å². The maximum absolute atomic E-state index is 13.8. The second-order valence-corrected chi connectivity index (χ2v) is 8.27. The molecule has 0 fully saturated rings. The van der Waals surface area contributed by atoms with Gasteiger partial charge in [-0.3, -0.25) is 9.59 Å². The average molecular weight is 510 g/mol. The fraction of sp³-hybridized carbons (Fsp3) is 0.222. The number of hydrogen-bond acceptors (Lipinski definition) is 5. The highest BCUT2D eigenvalue weighted by Gasteiger charge is 2.21. The lowest BCUT2D eigenvalue weighted by Crippen LogP contribution is -2.26.